The summed E-state index contributed by atoms with van der Waals surface area (Å²) in [6, 6.07) is 15.4. The highest BCUT2D eigenvalue weighted by Crippen LogP contribution is 2.34. The van der Waals surface area contributed by atoms with Gasteiger partial charge in [0.05, 0.1) is 6.54 Å². The number of aryl methyl sites for hydroxylation is 2. The molecule has 30 heavy (non-hydrogen) atoms. The second kappa shape index (κ2) is 6.86. The van der Waals surface area contributed by atoms with Crippen LogP contribution < -0.4 is 4.90 Å². The minimum Gasteiger partial charge on any atom is -0.325 e. The zero-order valence-corrected chi connectivity index (χ0v) is 17.4. The number of anilines is 1. The molecule has 0 bridgehead atoms. The SMILES string of the molecule is Cc1cccc(CN2C(=O)C3C(N=C4N(c5cccc(C)c5)CCN43)N(C)C2=O)c1. The summed E-state index contributed by atoms with van der Waals surface area (Å²) in [5.41, 5.74) is 4.29. The number of hydrogen-bond acceptors (Lipinski definition) is 5. The molecule has 0 saturated carbocycles. The second-order valence-electron chi connectivity index (χ2n) is 8.28. The second-order valence-corrected chi connectivity index (χ2v) is 8.28. The van der Waals surface area contributed by atoms with Crippen LogP contribution >= 0.6 is 0 Å². The largest absolute Gasteiger partial charge is 0.328 e. The number of rotatable bonds is 3. The molecule has 0 aliphatic carbocycles. The minimum atomic E-state index is -0.485. The molecule has 2 unspecified atom stereocenters. The van der Waals surface area contributed by atoms with Gasteiger partial charge in [-0.05, 0) is 37.1 Å². The molecule has 2 atom stereocenters. The number of nitrogens with zero attached hydrogens (tertiary/aromatic N) is 5. The maximum atomic E-state index is 13.4. The number of urea groups is 1. The molecule has 154 valence electrons. The zero-order chi connectivity index (χ0) is 21.0. The highest BCUT2D eigenvalue weighted by atomic mass is 16.2. The summed E-state index contributed by atoms with van der Waals surface area (Å²) in [5, 5.41) is 0. The third kappa shape index (κ3) is 2.84. The molecule has 5 rings (SSSR count). The van der Waals surface area contributed by atoms with E-state index in [-0.39, 0.29) is 18.5 Å². The molecule has 2 aromatic rings. The van der Waals surface area contributed by atoms with Crippen LogP contribution in [-0.4, -0.2) is 64.9 Å². The lowest BCUT2D eigenvalue weighted by atomic mass is 10.1. The summed E-state index contributed by atoms with van der Waals surface area (Å²) in [5.74, 6) is 0.607. The Kier molecular flexibility index (Phi) is 4.27. The van der Waals surface area contributed by atoms with E-state index in [1.807, 2.05) is 37.3 Å². The summed E-state index contributed by atoms with van der Waals surface area (Å²) >= 11 is 0. The topological polar surface area (TPSA) is 59.5 Å². The molecule has 0 radical (unpaired) electrons. The number of carbonyl (C=O) groups excluding carboxylic acids is 2. The average molecular weight is 403 g/mol. The molecule has 3 heterocycles. The van der Waals surface area contributed by atoms with Gasteiger partial charge in [-0.15, -0.1) is 0 Å². The van der Waals surface area contributed by atoms with Gasteiger partial charge in [0.25, 0.3) is 5.91 Å². The number of guanidine groups is 1. The molecular weight excluding hydrogens is 378 g/mol. The lowest BCUT2D eigenvalue weighted by Gasteiger charge is -2.40. The van der Waals surface area contributed by atoms with Crippen molar-refractivity contribution in [1.82, 2.24) is 14.7 Å². The van der Waals surface area contributed by atoms with E-state index < -0.39 is 12.2 Å². The van der Waals surface area contributed by atoms with Crippen LogP contribution in [0.15, 0.2) is 53.5 Å². The zero-order valence-electron chi connectivity index (χ0n) is 17.4. The molecule has 0 N–H and O–H groups in total. The van der Waals surface area contributed by atoms with Crippen LogP contribution in [0.25, 0.3) is 0 Å². The normalized spacial score (nSPS) is 23.1. The van der Waals surface area contributed by atoms with Gasteiger partial charge in [0, 0.05) is 25.8 Å². The van der Waals surface area contributed by atoms with Gasteiger partial charge in [0.2, 0.25) is 5.96 Å². The average Bonchev–Trinajstić information content (AvgIpc) is 3.29. The van der Waals surface area contributed by atoms with Crippen molar-refractivity contribution in [3.8, 4) is 0 Å². The van der Waals surface area contributed by atoms with Crippen molar-refractivity contribution >= 4 is 23.6 Å². The molecule has 7 nitrogen and oxygen atoms in total. The van der Waals surface area contributed by atoms with Crippen molar-refractivity contribution in [2.75, 3.05) is 25.0 Å². The number of likely N-dealkylation sites (N-methyl/N-ethyl adjacent to an activating group) is 1. The Morgan fingerprint density at radius 2 is 1.73 bits per heavy atom. The summed E-state index contributed by atoms with van der Waals surface area (Å²) in [6.07, 6.45) is -0.485. The molecular formula is C23H25N5O2. The summed E-state index contributed by atoms with van der Waals surface area (Å²) in [7, 11) is 1.74. The fourth-order valence-corrected chi connectivity index (χ4v) is 4.62. The van der Waals surface area contributed by atoms with Gasteiger partial charge in [-0.3, -0.25) is 9.69 Å². The lowest BCUT2D eigenvalue weighted by molar-refractivity contribution is -0.137. The number of hydrogen-bond donors (Lipinski definition) is 0. The third-order valence-corrected chi connectivity index (χ3v) is 6.11. The molecule has 7 heteroatoms. The van der Waals surface area contributed by atoms with Gasteiger partial charge in [-0.25, -0.2) is 9.79 Å². The predicted molar refractivity (Wildman–Crippen MR) is 115 cm³/mol. The van der Waals surface area contributed by atoms with Gasteiger partial charge in [0.15, 0.2) is 12.2 Å². The Bertz CT molecular complexity index is 1070. The van der Waals surface area contributed by atoms with Crippen LogP contribution in [0.1, 0.15) is 16.7 Å². The van der Waals surface area contributed by atoms with Crippen LogP contribution in [0.5, 0.6) is 0 Å². The maximum Gasteiger partial charge on any atom is 0.328 e. The number of carbonyl (C=O) groups is 2. The van der Waals surface area contributed by atoms with Gasteiger partial charge in [-0.1, -0.05) is 42.0 Å². The Balaban J connectivity index is 1.44. The maximum absolute atomic E-state index is 13.4. The Labute approximate surface area is 176 Å². The third-order valence-electron chi connectivity index (χ3n) is 6.11. The molecule has 2 aromatic carbocycles. The van der Waals surface area contributed by atoms with E-state index in [2.05, 4.69) is 34.9 Å². The molecule has 3 amide bonds. The van der Waals surface area contributed by atoms with Crippen molar-refractivity contribution in [2.24, 2.45) is 4.99 Å². The van der Waals surface area contributed by atoms with Crippen LogP contribution in [0, 0.1) is 13.8 Å². The highest BCUT2D eigenvalue weighted by molar-refractivity contribution is 6.08. The van der Waals surface area contributed by atoms with Gasteiger partial charge < -0.3 is 14.7 Å². The first kappa shape index (κ1) is 18.7. The smallest absolute Gasteiger partial charge is 0.325 e. The van der Waals surface area contributed by atoms with E-state index >= 15 is 0 Å². The van der Waals surface area contributed by atoms with Crippen molar-refractivity contribution in [3.05, 3.63) is 65.2 Å². The number of amides is 3. The molecule has 0 aromatic heterocycles. The van der Waals surface area contributed by atoms with Crippen LogP contribution in [0.4, 0.5) is 10.5 Å². The van der Waals surface area contributed by atoms with Crippen molar-refractivity contribution in [1.29, 1.82) is 0 Å². The van der Waals surface area contributed by atoms with E-state index in [0.29, 0.717) is 6.54 Å². The van der Waals surface area contributed by atoms with E-state index in [9.17, 15) is 9.59 Å². The fourth-order valence-electron chi connectivity index (χ4n) is 4.62. The van der Waals surface area contributed by atoms with Crippen molar-refractivity contribution in [2.45, 2.75) is 32.6 Å². The molecule has 0 spiro atoms. The minimum absolute atomic E-state index is 0.172. The summed E-state index contributed by atoms with van der Waals surface area (Å²) in [4.78, 5) is 38.4. The Morgan fingerprint density at radius 1 is 1.00 bits per heavy atom. The summed E-state index contributed by atoms with van der Waals surface area (Å²) in [6.45, 7) is 5.82. The lowest BCUT2D eigenvalue weighted by Crippen LogP contribution is -2.64. The predicted octanol–water partition coefficient (Wildman–Crippen LogP) is 2.58. The number of aliphatic imine (C=N–C) groups is 1. The van der Waals surface area contributed by atoms with E-state index in [1.54, 1.807) is 11.9 Å². The Hall–Kier alpha value is -3.35. The van der Waals surface area contributed by atoms with E-state index in [0.717, 1.165) is 29.3 Å². The standard InChI is InChI=1S/C23H25N5O2/c1-15-6-4-8-17(12-15)14-28-21(29)19-20(25(3)23(28)30)24-22-26(10-11-27(19)22)18-9-5-7-16(2)13-18/h4-9,12-13,19-20H,10-11,14H2,1-3H3. The molecule has 3 aliphatic heterocycles. The van der Waals surface area contributed by atoms with Gasteiger partial charge in [0.1, 0.15) is 0 Å². The molecule has 2 saturated heterocycles. The van der Waals surface area contributed by atoms with Crippen molar-refractivity contribution < 1.29 is 9.59 Å². The Morgan fingerprint density at radius 3 is 2.47 bits per heavy atom. The van der Waals surface area contributed by atoms with Crippen molar-refractivity contribution in [3.63, 3.8) is 0 Å². The highest BCUT2D eigenvalue weighted by Gasteiger charge is 2.54. The van der Waals surface area contributed by atoms with Crippen LogP contribution in [-0.2, 0) is 11.3 Å². The number of fused-ring (bicyclic) bond motifs is 3. The van der Waals surface area contributed by atoms with E-state index in [4.69, 9.17) is 4.99 Å². The van der Waals surface area contributed by atoms with Gasteiger partial charge >= 0.3 is 6.03 Å². The molecule has 2 fully saturated rings. The number of imide groups is 1. The molecule has 3 aliphatic rings. The first-order valence-electron chi connectivity index (χ1n) is 10.3. The number of benzene rings is 2. The van der Waals surface area contributed by atoms with Gasteiger partial charge in [-0.2, -0.15) is 0 Å². The quantitative estimate of drug-likeness (QED) is 0.791. The van der Waals surface area contributed by atoms with E-state index in [1.165, 1.54) is 10.5 Å². The summed E-state index contributed by atoms with van der Waals surface area (Å²) < 4.78 is 0. The fraction of sp³-hybridized carbons (Fsp3) is 0.348. The monoisotopic (exact) mass is 403 g/mol. The first-order valence-corrected chi connectivity index (χ1v) is 10.3. The van der Waals surface area contributed by atoms with Crippen LogP contribution in [0.3, 0.4) is 0 Å². The van der Waals surface area contributed by atoms with Crippen LogP contribution in [0.2, 0.25) is 0 Å². The first-order chi connectivity index (χ1) is 14.4.